The van der Waals surface area contributed by atoms with Crippen LogP contribution in [0.5, 0.6) is 5.88 Å². The molecule has 33 heavy (non-hydrogen) atoms. The van der Waals surface area contributed by atoms with Crippen molar-refractivity contribution in [2.24, 2.45) is 9.98 Å². The summed E-state index contributed by atoms with van der Waals surface area (Å²) in [5, 5.41) is 11.9. The van der Waals surface area contributed by atoms with Gasteiger partial charge in [-0.15, -0.1) is 10.2 Å². The van der Waals surface area contributed by atoms with E-state index in [1.165, 1.54) is 7.11 Å². The zero-order valence-electron chi connectivity index (χ0n) is 17.6. The molecular weight excluding hydrogens is 443 g/mol. The van der Waals surface area contributed by atoms with Crippen molar-refractivity contribution in [3.8, 4) is 17.3 Å². The molecule has 174 valence electrons. The summed E-state index contributed by atoms with van der Waals surface area (Å²) in [4.78, 5) is 16.8. The predicted molar refractivity (Wildman–Crippen MR) is 112 cm³/mol. The Hall–Kier alpha value is -3.81. The summed E-state index contributed by atoms with van der Waals surface area (Å²) in [6, 6.07) is 3.38. The van der Waals surface area contributed by atoms with Crippen molar-refractivity contribution in [2.45, 2.75) is 12.7 Å². The average molecular weight is 463 g/mol. The molecule has 14 heteroatoms. The van der Waals surface area contributed by atoms with Crippen LogP contribution in [0.25, 0.3) is 11.4 Å². The van der Waals surface area contributed by atoms with Gasteiger partial charge in [0.15, 0.2) is 17.5 Å². The molecule has 0 radical (unpaired) electrons. The Morgan fingerprint density at radius 1 is 1.24 bits per heavy atom. The van der Waals surface area contributed by atoms with Crippen LogP contribution < -0.4 is 4.74 Å². The zero-order chi connectivity index (χ0) is 23.4. The number of guanidine groups is 1. The predicted octanol–water partition coefficient (Wildman–Crippen LogP) is 2.16. The van der Waals surface area contributed by atoms with Gasteiger partial charge < -0.3 is 19.4 Å². The summed E-state index contributed by atoms with van der Waals surface area (Å²) in [6.07, 6.45) is -2.39. The van der Waals surface area contributed by atoms with Gasteiger partial charge in [-0.25, -0.2) is 14.7 Å². The smallest absolute Gasteiger partial charge is 0.421 e. The van der Waals surface area contributed by atoms with Crippen molar-refractivity contribution < 1.29 is 22.6 Å². The van der Waals surface area contributed by atoms with E-state index in [-0.39, 0.29) is 18.3 Å². The number of halogens is 3. The summed E-state index contributed by atoms with van der Waals surface area (Å²) in [6.45, 7) is 5.04. The third-order valence-electron chi connectivity index (χ3n) is 4.81. The van der Waals surface area contributed by atoms with Gasteiger partial charge in [-0.1, -0.05) is 0 Å². The number of morpholine rings is 1. The molecule has 1 N–H and O–H groups in total. The Kier molecular flexibility index (Phi) is 6.35. The van der Waals surface area contributed by atoms with Crippen molar-refractivity contribution in [2.75, 3.05) is 33.4 Å². The molecular formula is C19H20F3N9O2. The minimum Gasteiger partial charge on any atom is -0.481 e. The van der Waals surface area contributed by atoms with Crippen LogP contribution in [0.1, 0.15) is 11.4 Å². The van der Waals surface area contributed by atoms with Crippen LogP contribution in [0, 0.1) is 0 Å². The number of aromatic nitrogens is 6. The lowest BCUT2D eigenvalue weighted by molar-refractivity contribution is -0.137. The second-order valence-electron chi connectivity index (χ2n) is 6.92. The van der Waals surface area contributed by atoms with Gasteiger partial charge in [0, 0.05) is 30.9 Å². The molecule has 4 heterocycles. The molecule has 11 nitrogen and oxygen atoms in total. The number of nitrogens with zero attached hydrogens (tertiary/aromatic N) is 8. The number of pyridine rings is 1. The minimum absolute atomic E-state index is 0.0631. The van der Waals surface area contributed by atoms with Gasteiger partial charge in [0.1, 0.15) is 12.1 Å². The monoisotopic (exact) mass is 463 g/mol. The summed E-state index contributed by atoms with van der Waals surface area (Å²) >= 11 is 0. The number of aromatic amines is 1. The molecule has 0 aliphatic carbocycles. The number of ether oxygens (including phenoxy) is 2. The highest BCUT2D eigenvalue weighted by Crippen LogP contribution is 2.36. The number of methoxy groups -OCH3 is 1. The largest absolute Gasteiger partial charge is 0.481 e. The second-order valence-corrected chi connectivity index (χ2v) is 6.92. The standard InChI is InChI=1S/C19H20F3N9O2/c1-23-18(30-5-7-33-8-6-30)27-17-13(19(20,21)22)10-25-31(17)11-14-26-16(29-28-14)12-3-4-15(32-2)24-9-12/h3-4,9-10H,1,5-8,11H2,2H3,(H,26,28,29)/b27-18+. The van der Waals surface area contributed by atoms with E-state index in [0.717, 1.165) is 10.9 Å². The van der Waals surface area contributed by atoms with Gasteiger partial charge in [-0.05, 0) is 12.8 Å². The van der Waals surface area contributed by atoms with E-state index in [2.05, 4.69) is 42.0 Å². The first-order chi connectivity index (χ1) is 15.9. The zero-order valence-corrected chi connectivity index (χ0v) is 17.6. The molecule has 1 aliphatic heterocycles. The Labute approximate surface area is 186 Å². The average Bonchev–Trinajstić information content (AvgIpc) is 3.45. The SMILES string of the molecule is C=N/C(=N\c1c(C(F)(F)F)cnn1Cc1nnc(-c2ccc(OC)nc2)[nH]1)N1CCOCC1. The highest BCUT2D eigenvalue weighted by Gasteiger charge is 2.37. The number of aliphatic imine (C=N–C) groups is 2. The fraction of sp³-hybridized carbons (Fsp3) is 0.368. The normalized spacial score (nSPS) is 15.0. The fourth-order valence-electron chi connectivity index (χ4n) is 3.16. The number of rotatable bonds is 5. The lowest BCUT2D eigenvalue weighted by atomic mass is 10.3. The topological polar surface area (TPSA) is 119 Å². The van der Waals surface area contributed by atoms with E-state index in [9.17, 15) is 13.2 Å². The third-order valence-corrected chi connectivity index (χ3v) is 4.81. The molecule has 3 aromatic rings. The van der Waals surface area contributed by atoms with E-state index in [1.54, 1.807) is 23.2 Å². The maximum Gasteiger partial charge on any atom is 0.421 e. The van der Waals surface area contributed by atoms with Gasteiger partial charge in [0.2, 0.25) is 11.8 Å². The van der Waals surface area contributed by atoms with Gasteiger partial charge in [-0.3, -0.25) is 0 Å². The molecule has 0 aromatic carbocycles. The van der Waals surface area contributed by atoms with Crippen LogP contribution in [0.2, 0.25) is 0 Å². The van der Waals surface area contributed by atoms with Crippen molar-refractivity contribution in [1.29, 1.82) is 0 Å². The molecule has 0 unspecified atom stereocenters. The molecule has 3 aromatic heterocycles. The third kappa shape index (κ3) is 5.00. The number of hydrogen-bond donors (Lipinski definition) is 1. The summed E-state index contributed by atoms with van der Waals surface area (Å²) in [7, 11) is 1.50. The first-order valence-corrected chi connectivity index (χ1v) is 9.82. The molecule has 0 atom stereocenters. The number of nitrogens with one attached hydrogen (secondary N) is 1. The number of hydrogen-bond acceptors (Lipinski definition) is 7. The van der Waals surface area contributed by atoms with Crippen LogP contribution in [0.4, 0.5) is 19.0 Å². The maximum absolute atomic E-state index is 13.6. The van der Waals surface area contributed by atoms with Crippen LogP contribution >= 0.6 is 0 Å². The molecule has 0 spiro atoms. The van der Waals surface area contributed by atoms with E-state index < -0.39 is 17.6 Å². The molecule has 0 bridgehead atoms. The van der Waals surface area contributed by atoms with Crippen molar-refractivity contribution >= 4 is 18.5 Å². The fourth-order valence-corrected chi connectivity index (χ4v) is 3.16. The first kappa shape index (κ1) is 22.4. The van der Waals surface area contributed by atoms with E-state index in [0.29, 0.717) is 43.6 Å². The summed E-state index contributed by atoms with van der Waals surface area (Å²) < 4.78 is 52.3. The minimum atomic E-state index is -4.66. The van der Waals surface area contributed by atoms with Crippen LogP contribution in [0.3, 0.4) is 0 Å². The van der Waals surface area contributed by atoms with Crippen molar-refractivity contribution in [3.63, 3.8) is 0 Å². The molecule has 1 saturated heterocycles. The highest BCUT2D eigenvalue weighted by atomic mass is 19.4. The number of H-pyrrole nitrogens is 1. The van der Waals surface area contributed by atoms with Crippen molar-refractivity contribution in [1.82, 2.24) is 34.8 Å². The molecule has 1 aliphatic rings. The van der Waals surface area contributed by atoms with Crippen molar-refractivity contribution in [3.05, 3.63) is 35.9 Å². The Bertz CT molecular complexity index is 1130. The van der Waals surface area contributed by atoms with Crippen LogP contribution in [0.15, 0.2) is 34.5 Å². The first-order valence-electron chi connectivity index (χ1n) is 9.82. The Morgan fingerprint density at radius 2 is 2.03 bits per heavy atom. The van der Waals surface area contributed by atoms with E-state index >= 15 is 0 Å². The van der Waals surface area contributed by atoms with E-state index in [4.69, 9.17) is 9.47 Å². The lowest BCUT2D eigenvalue weighted by Crippen LogP contribution is -2.39. The maximum atomic E-state index is 13.6. The van der Waals surface area contributed by atoms with Gasteiger partial charge in [-0.2, -0.15) is 23.3 Å². The molecule has 0 amide bonds. The highest BCUT2D eigenvalue weighted by molar-refractivity contribution is 5.86. The van der Waals surface area contributed by atoms with Gasteiger partial charge in [0.05, 0.1) is 26.5 Å². The van der Waals surface area contributed by atoms with Crippen LogP contribution in [-0.4, -0.2) is 80.9 Å². The molecule has 4 rings (SSSR count). The molecule has 1 fully saturated rings. The van der Waals surface area contributed by atoms with Gasteiger partial charge in [0.25, 0.3) is 0 Å². The Morgan fingerprint density at radius 3 is 2.67 bits per heavy atom. The number of alkyl halides is 3. The van der Waals surface area contributed by atoms with Gasteiger partial charge >= 0.3 is 6.18 Å². The lowest BCUT2D eigenvalue weighted by Gasteiger charge is -2.27. The summed E-state index contributed by atoms with van der Waals surface area (Å²) in [5.74, 6) is 0.779. The molecule has 0 saturated carbocycles. The van der Waals surface area contributed by atoms with Crippen LogP contribution in [-0.2, 0) is 17.5 Å². The Balaban J connectivity index is 1.64. The quantitative estimate of drug-likeness (QED) is 0.455. The van der Waals surface area contributed by atoms with E-state index in [1.807, 2.05) is 0 Å². The summed E-state index contributed by atoms with van der Waals surface area (Å²) in [5.41, 5.74) is -0.356. The second kappa shape index (κ2) is 9.36.